The number of nitrogens with zero attached hydrogens (tertiary/aromatic N) is 4. The third kappa shape index (κ3) is 3.15. The average Bonchev–Trinajstić information content (AvgIpc) is 3.47. The Hall–Kier alpha value is -3.85. The van der Waals surface area contributed by atoms with E-state index < -0.39 is 5.91 Å². The standard InChI is InChI=1S/C21H15FN6OS/c22-15-3-1-12(2-4-15)19-16(9-26-27-19)14-7-13(8-18(23)29)20-25-10-17(28(20)11-14)21-24-5-6-30-21/h1-7,9-11H,8H2,(H2,23,29)(H,26,27). The number of pyridine rings is 1. The molecule has 7 nitrogen and oxygen atoms in total. The molecule has 3 N–H and O–H groups in total. The van der Waals surface area contributed by atoms with Crippen LogP contribution in [0.4, 0.5) is 4.39 Å². The summed E-state index contributed by atoms with van der Waals surface area (Å²) in [5.74, 6) is -0.754. The van der Waals surface area contributed by atoms with Crippen molar-refractivity contribution in [2.24, 2.45) is 5.73 Å². The van der Waals surface area contributed by atoms with Crippen molar-refractivity contribution in [1.29, 1.82) is 0 Å². The lowest BCUT2D eigenvalue weighted by Crippen LogP contribution is -2.14. The highest BCUT2D eigenvalue weighted by Gasteiger charge is 2.17. The lowest BCUT2D eigenvalue weighted by molar-refractivity contribution is -0.117. The Kier molecular flexibility index (Phi) is 4.36. The maximum Gasteiger partial charge on any atom is 0.221 e. The first-order chi connectivity index (χ1) is 14.6. The number of benzene rings is 1. The van der Waals surface area contributed by atoms with Crippen molar-refractivity contribution < 1.29 is 9.18 Å². The van der Waals surface area contributed by atoms with Crippen LogP contribution in [-0.4, -0.2) is 30.5 Å². The molecule has 9 heteroatoms. The second-order valence-corrected chi connectivity index (χ2v) is 7.63. The second kappa shape index (κ2) is 7.20. The van der Waals surface area contributed by atoms with Gasteiger partial charge < -0.3 is 5.73 Å². The summed E-state index contributed by atoms with van der Waals surface area (Å²) < 4.78 is 15.3. The fraction of sp³-hybridized carbons (Fsp3) is 0.0476. The van der Waals surface area contributed by atoms with Gasteiger partial charge in [0.15, 0.2) is 0 Å². The minimum absolute atomic E-state index is 0.0510. The Bertz CT molecular complexity index is 1350. The molecule has 5 aromatic rings. The van der Waals surface area contributed by atoms with Crippen LogP contribution in [0, 0.1) is 5.82 Å². The van der Waals surface area contributed by atoms with Gasteiger partial charge >= 0.3 is 0 Å². The molecule has 5 rings (SSSR count). The number of aromatic amines is 1. The van der Waals surface area contributed by atoms with Gasteiger partial charge in [0.2, 0.25) is 5.91 Å². The van der Waals surface area contributed by atoms with E-state index in [1.54, 1.807) is 30.7 Å². The number of carbonyl (C=O) groups is 1. The highest BCUT2D eigenvalue weighted by molar-refractivity contribution is 7.13. The number of halogens is 1. The van der Waals surface area contributed by atoms with Crippen molar-refractivity contribution in [3.05, 3.63) is 71.9 Å². The van der Waals surface area contributed by atoms with Crippen LogP contribution in [0.2, 0.25) is 0 Å². The number of amides is 1. The number of imidazole rings is 1. The molecule has 0 bridgehead atoms. The van der Waals surface area contributed by atoms with E-state index in [2.05, 4.69) is 20.2 Å². The zero-order valence-corrected chi connectivity index (χ0v) is 16.4. The van der Waals surface area contributed by atoms with Crippen LogP contribution in [0.25, 0.3) is 38.7 Å². The number of aromatic nitrogens is 5. The molecule has 0 saturated carbocycles. The predicted molar refractivity (Wildman–Crippen MR) is 112 cm³/mol. The molecular weight excluding hydrogens is 403 g/mol. The van der Waals surface area contributed by atoms with Crippen molar-refractivity contribution in [2.45, 2.75) is 6.42 Å². The van der Waals surface area contributed by atoms with E-state index in [0.717, 1.165) is 33.1 Å². The number of H-pyrrole nitrogens is 1. The first-order valence-electron chi connectivity index (χ1n) is 9.08. The molecule has 1 aromatic carbocycles. The van der Waals surface area contributed by atoms with Crippen LogP contribution in [0.15, 0.2) is 60.5 Å². The van der Waals surface area contributed by atoms with E-state index in [0.29, 0.717) is 11.2 Å². The van der Waals surface area contributed by atoms with Crippen molar-refractivity contribution in [1.82, 2.24) is 24.6 Å². The van der Waals surface area contributed by atoms with Gasteiger partial charge in [-0.3, -0.25) is 14.3 Å². The molecule has 4 aromatic heterocycles. The number of fused-ring (bicyclic) bond motifs is 1. The van der Waals surface area contributed by atoms with Crippen LogP contribution < -0.4 is 5.73 Å². The average molecular weight is 418 g/mol. The molecule has 30 heavy (non-hydrogen) atoms. The number of carbonyl (C=O) groups excluding carboxylic acids is 1. The fourth-order valence-electron chi connectivity index (χ4n) is 3.47. The second-order valence-electron chi connectivity index (χ2n) is 6.74. The number of hydrogen-bond acceptors (Lipinski definition) is 5. The molecule has 0 atom stereocenters. The van der Waals surface area contributed by atoms with Gasteiger partial charge in [-0.1, -0.05) is 0 Å². The number of nitrogens with one attached hydrogen (secondary N) is 1. The maximum absolute atomic E-state index is 13.4. The molecule has 4 heterocycles. The SMILES string of the molecule is NC(=O)Cc1cc(-c2cn[nH]c2-c2ccc(F)cc2)cn2c(-c3nccs3)cnc12. The highest BCUT2D eigenvalue weighted by Crippen LogP contribution is 2.33. The van der Waals surface area contributed by atoms with Crippen LogP contribution in [0.1, 0.15) is 5.56 Å². The Morgan fingerprint density at radius 3 is 2.73 bits per heavy atom. The smallest absolute Gasteiger partial charge is 0.221 e. The molecule has 0 radical (unpaired) electrons. The van der Waals surface area contributed by atoms with Crippen LogP contribution in [0.5, 0.6) is 0 Å². The van der Waals surface area contributed by atoms with Gasteiger partial charge in [-0.2, -0.15) is 5.10 Å². The summed E-state index contributed by atoms with van der Waals surface area (Å²) in [6.45, 7) is 0. The molecule has 0 aliphatic rings. The summed E-state index contributed by atoms with van der Waals surface area (Å²) in [6.07, 6.45) is 7.15. The zero-order chi connectivity index (χ0) is 20.7. The van der Waals surface area contributed by atoms with Gasteiger partial charge in [0, 0.05) is 40.0 Å². The third-order valence-electron chi connectivity index (χ3n) is 4.78. The molecule has 0 saturated heterocycles. The summed E-state index contributed by atoms with van der Waals surface area (Å²) >= 11 is 1.50. The van der Waals surface area contributed by atoms with Crippen molar-refractivity contribution >= 4 is 22.9 Å². The van der Waals surface area contributed by atoms with Gasteiger partial charge in [0.05, 0.1) is 24.5 Å². The van der Waals surface area contributed by atoms with Crippen LogP contribution in [-0.2, 0) is 11.2 Å². The van der Waals surface area contributed by atoms with E-state index in [9.17, 15) is 9.18 Å². The third-order valence-corrected chi connectivity index (χ3v) is 5.58. The maximum atomic E-state index is 13.4. The van der Waals surface area contributed by atoms with Crippen molar-refractivity contribution in [3.8, 4) is 33.1 Å². The Morgan fingerprint density at radius 1 is 1.17 bits per heavy atom. The number of primary amides is 1. The molecule has 0 fully saturated rings. The number of thiazole rings is 1. The van der Waals surface area contributed by atoms with Crippen LogP contribution >= 0.6 is 11.3 Å². The molecule has 0 aliphatic heterocycles. The lowest BCUT2D eigenvalue weighted by atomic mass is 10.0. The van der Waals surface area contributed by atoms with Crippen LogP contribution in [0.3, 0.4) is 0 Å². The predicted octanol–water partition coefficient (Wildman–Crippen LogP) is 3.68. The lowest BCUT2D eigenvalue weighted by Gasteiger charge is -2.10. The monoisotopic (exact) mass is 418 g/mol. The summed E-state index contributed by atoms with van der Waals surface area (Å²) in [7, 11) is 0. The van der Waals surface area contributed by atoms with E-state index in [-0.39, 0.29) is 12.2 Å². The molecule has 1 amide bonds. The normalized spacial score (nSPS) is 11.2. The Balaban J connectivity index is 1.72. The quantitative estimate of drug-likeness (QED) is 0.454. The summed E-state index contributed by atoms with van der Waals surface area (Å²) in [5.41, 5.74) is 10.8. The number of hydrogen-bond donors (Lipinski definition) is 2. The van der Waals surface area contributed by atoms with Gasteiger partial charge in [0.25, 0.3) is 0 Å². The highest BCUT2D eigenvalue weighted by atomic mass is 32.1. The van der Waals surface area contributed by atoms with E-state index in [4.69, 9.17) is 5.73 Å². The molecular formula is C21H15FN6OS. The van der Waals surface area contributed by atoms with E-state index >= 15 is 0 Å². The first-order valence-corrected chi connectivity index (χ1v) is 9.96. The van der Waals surface area contributed by atoms with Gasteiger partial charge in [-0.05, 0) is 30.3 Å². The minimum Gasteiger partial charge on any atom is -0.369 e. The minimum atomic E-state index is -0.446. The van der Waals surface area contributed by atoms with Gasteiger partial charge in [-0.25, -0.2) is 14.4 Å². The topological polar surface area (TPSA) is 102 Å². The molecule has 148 valence electrons. The Labute approximate surface area is 174 Å². The van der Waals surface area contributed by atoms with E-state index in [1.165, 1.54) is 23.5 Å². The first kappa shape index (κ1) is 18.2. The van der Waals surface area contributed by atoms with Gasteiger partial charge in [0.1, 0.15) is 22.2 Å². The number of rotatable bonds is 5. The molecule has 0 unspecified atom stereocenters. The number of nitrogens with two attached hydrogens (primary N) is 1. The van der Waals surface area contributed by atoms with Crippen molar-refractivity contribution in [2.75, 3.05) is 0 Å². The summed E-state index contributed by atoms with van der Waals surface area (Å²) in [4.78, 5) is 20.6. The summed E-state index contributed by atoms with van der Waals surface area (Å²) in [5, 5.41) is 9.88. The fourth-order valence-corrected chi connectivity index (χ4v) is 4.12. The summed E-state index contributed by atoms with van der Waals surface area (Å²) in [6, 6.07) is 8.06. The van der Waals surface area contributed by atoms with Crippen molar-refractivity contribution in [3.63, 3.8) is 0 Å². The van der Waals surface area contributed by atoms with Gasteiger partial charge in [-0.15, -0.1) is 11.3 Å². The van der Waals surface area contributed by atoms with E-state index in [1.807, 2.05) is 22.0 Å². The Morgan fingerprint density at radius 2 is 2.00 bits per heavy atom. The molecule has 0 aliphatic carbocycles. The molecule has 0 spiro atoms. The largest absolute Gasteiger partial charge is 0.369 e. The zero-order valence-electron chi connectivity index (χ0n) is 15.5.